The molecular weight excluding hydrogens is 218 g/mol. The third-order valence-electron chi connectivity index (χ3n) is 3.02. The van der Waals surface area contributed by atoms with E-state index in [9.17, 15) is 4.79 Å². The van der Waals surface area contributed by atoms with Gasteiger partial charge in [0.15, 0.2) is 0 Å². The van der Waals surface area contributed by atoms with Crippen LogP contribution >= 0.6 is 0 Å². The summed E-state index contributed by atoms with van der Waals surface area (Å²) in [5.74, 6) is -0.259. The lowest BCUT2D eigenvalue weighted by Gasteiger charge is -2.29. The molecule has 1 aromatic heterocycles. The number of aliphatic carboxylic acids is 1. The summed E-state index contributed by atoms with van der Waals surface area (Å²) < 4.78 is 0. The summed E-state index contributed by atoms with van der Waals surface area (Å²) in [7, 11) is 0. The molecule has 17 heavy (non-hydrogen) atoms. The van der Waals surface area contributed by atoms with E-state index in [1.54, 1.807) is 18.5 Å². The first-order chi connectivity index (χ1) is 8.20. The number of hydrogen-bond acceptors (Lipinski definition) is 4. The van der Waals surface area contributed by atoms with Crippen LogP contribution in [0, 0.1) is 5.92 Å². The third kappa shape index (κ3) is 2.61. The smallest absolute Gasteiger partial charge is 0.306 e. The fourth-order valence-corrected chi connectivity index (χ4v) is 1.93. The van der Waals surface area contributed by atoms with Crippen LogP contribution in [0.15, 0.2) is 19.0 Å². The lowest BCUT2D eigenvalue weighted by atomic mass is 9.97. The van der Waals surface area contributed by atoms with Crippen molar-refractivity contribution in [1.82, 2.24) is 9.97 Å². The number of nitrogens with zero attached hydrogens (tertiary/aromatic N) is 3. The van der Waals surface area contributed by atoms with Gasteiger partial charge in [-0.2, -0.15) is 0 Å². The topological polar surface area (TPSA) is 66.3 Å². The van der Waals surface area contributed by atoms with Gasteiger partial charge in [0, 0.05) is 31.0 Å². The predicted octanol–water partition coefficient (Wildman–Crippen LogP) is 1.42. The highest BCUT2D eigenvalue weighted by Gasteiger charge is 2.25. The van der Waals surface area contributed by atoms with E-state index in [1.807, 2.05) is 4.90 Å². The van der Waals surface area contributed by atoms with Crippen molar-refractivity contribution in [2.45, 2.75) is 12.8 Å². The summed E-state index contributed by atoms with van der Waals surface area (Å²) in [4.78, 5) is 21.3. The highest BCUT2D eigenvalue weighted by Crippen LogP contribution is 2.20. The number of carboxylic acids is 1. The molecule has 0 amide bonds. The van der Waals surface area contributed by atoms with E-state index >= 15 is 0 Å². The fourth-order valence-electron chi connectivity index (χ4n) is 1.93. The minimum atomic E-state index is -0.701. The molecule has 0 aliphatic carbocycles. The van der Waals surface area contributed by atoms with Crippen molar-refractivity contribution in [3.8, 4) is 0 Å². The van der Waals surface area contributed by atoms with Crippen molar-refractivity contribution in [3.63, 3.8) is 0 Å². The van der Waals surface area contributed by atoms with Crippen molar-refractivity contribution in [3.05, 3.63) is 24.5 Å². The molecule has 0 spiro atoms. The number of hydrogen-bond donors (Lipinski definition) is 1. The summed E-state index contributed by atoms with van der Waals surface area (Å²) in [6, 6.07) is 0. The zero-order valence-corrected chi connectivity index (χ0v) is 9.54. The minimum Gasteiger partial charge on any atom is -0.481 e. The molecule has 1 aliphatic rings. The van der Waals surface area contributed by atoms with Crippen molar-refractivity contribution >= 4 is 18.0 Å². The van der Waals surface area contributed by atoms with Crippen molar-refractivity contribution < 1.29 is 9.90 Å². The van der Waals surface area contributed by atoms with Gasteiger partial charge in [-0.3, -0.25) is 4.79 Å². The summed E-state index contributed by atoms with van der Waals surface area (Å²) in [6.07, 6.45) is 6.45. The molecule has 5 nitrogen and oxygen atoms in total. The van der Waals surface area contributed by atoms with Gasteiger partial charge < -0.3 is 10.0 Å². The molecule has 1 aliphatic heterocycles. The maximum atomic E-state index is 10.8. The summed E-state index contributed by atoms with van der Waals surface area (Å²) in [5.41, 5.74) is 0.883. The van der Waals surface area contributed by atoms with Crippen LogP contribution in [0.1, 0.15) is 18.4 Å². The summed E-state index contributed by atoms with van der Waals surface area (Å²) >= 11 is 0. The number of rotatable bonds is 3. The summed E-state index contributed by atoms with van der Waals surface area (Å²) in [6.45, 7) is 5.04. The Balaban J connectivity index is 2.00. The Morgan fingerprint density at radius 3 is 2.47 bits per heavy atom. The number of carboxylic acid groups (broad SMARTS) is 1. The monoisotopic (exact) mass is 233 g/mol. The second-order valence-corrected chi connectivity index (χ2v) is 4.12. The zero-order valence-electron chi connectivity index (χ0n) is 9.54. The average molecular weight is 233 g/mol. The Morgan fingerprint density at radius 2 is 2.00 bits per heavy atom. The van der Waals surface area contributed by atoms with Crippen molar-refractivity contribution in [1.29, 1.82) is 0 Å². The van der Waals surface area contributed by atoms with Crippen LogP contribution < -0.4 is 4.90 Å². The van der Waals surface area contributed by atoms with Gasteiger partial charge in [0.1, 0.15) is 0 Å². The molecule has 0 radical (unpaired) electrons. The Kier molecular flexibility index (Phi) is 3.37. The van der Waals surface area contributed by atoms with Gasteiger partial charge in [-0.05, 0) is 12.8 Å². The predicted molar refractivity (Wildman–Crippen MR) is 64.7 cm³/mol. The molecule has 5 heteroatoms. The zero-order chi connectivity index (χ0) is 12.3. The Bertz CT molecular complexity index is 408. The molecule has 1 fully saturated rings. The maximum Gasteiger partial charge on any atom is 0.306 e. The summed E-state index contributed by atoms with van der Waals surface area (Å²) in [5, 5.41) is 8.90. The maximum absolute atomic E-state index is 10.8. The molecule has 2 heterocycles. The third-order valence-corrected chi connectivity index (χ3v) is 3.02. The highest BCUT2D eigenvalue weighted by atomic mass is 16.4. The SMILES string of the molecule is C=Cc1cnc(N2CCC(C(=O)O)CC2)nc1. The number of carbonyl (C=O) groups is 1. The lowest BCUT2D eigenvalue weighted by molar-refractivity contribution is -0.142. The average Bonchev–Trinajstić information content (AvgIpc) is 2.39. The highest BCUT2D eigenvalue weighted by molar-refractivity contribution is 5.70. The van der Waals surface area contributed by atoms with Crippen LogP contribution in [0.5, 0.6) is 0 Å². The van der Waals surface area contributed by atoms with E-state index in [-0.39, 0.29) is 5.92 Å². The van der Waals surface area contributed by atoms with Crippen molar-refractivity contribution in [2.24, 2.45) is 5.92 Å². The van der Waals surface area contributed by atoms with Crippen molar-refractivity contribution in [2.75, 3.05) is 18.0 Å². The largest absolute Gasteiger partial charge is 0.481 e. The van der Waals surface area contributed by atoms with Crippen LogP contribution in [-0.2, 0) is 4.79 Å². The standard InChI is InChI=1S/C12H15N3O2/c1-2-9-7-13-12(14-8-9)15-5-3-10(4-6-15)11(16)17/h2,7-8,10H,1,3-6H2,(H,16,17). The first-order valence-electron chi connectivity index (χ1n) is 5.63. The molecule has 90 valence electrons. The van der Waals surface area contributed by atoms with Crippen LogP contribution in [0.2, 0.25) is 0 Å². The van der Waals surface area contributed by atoms with Crippen LogP contribution in [-0.4, -0.2) is 34.1 Å². The quantitative estimate of drug-likeness (QED) is 0.855. The van der Waals surface area contributed by atoms with Gasteiger partial charge in [-0.1, -0.05) is 12.7 Å². The van der Waals surface area contributed by atoms with Gasteiger partial charge in [0.25, 0.3) is 0 Å². The first-order valence-corrected chi connectivity index (χ1v) is 5.63. The molecular formula is C12H15N3O2. The van der Waals surface area contributed by atoms with Gasteiger partial charge in [-0.25, -0.2) is 9.97 Å². The van der Waals surface area contributed by atoms with E-state index in [2.05, 4.69) is 16.5 Å². The molecule has 1 aromatic rings. The van der Waals surface area contributed by atoms with Crippen LogP contribution in [0.4, 0.5) is 5.95 Å². The van der Waals surface area contributed by atoms with Gasteiger partial charge in [0.2, 0.25) is 5.95 Å². The molecule has 0 unspecified atom stereocenters. The first kappa shape index (κ1) is 11.6. The molecule has 0 aromatic carbocycles. The van der Waals surface area contributed by atoms with E-state index in [4.69, 9.17) is 5.11 Å². The molecule has 1 N–H and O–H groups in total. The van der Waals surface area contributed by atoms with E-state index in [0.717, 1.165) is 5.56 Å². The van der Waals surface area contributed by atoms with E-state index in [1.165, 1.54) is 0 Å². The fraction of sp³-hybridized carbons (Fsp3) is 0.417. The van der Waals surface area contributed by atoms with E-state index < -0.39 is 5.97 Å². The molecule has 0 atom stereocenters. The van der Waals surface area contributed by atoms with Gasteiger partial charge >= 0.3 is 5.97 Å². The second-order valence-electron chi connectivity index (χ2n) is 4.12. The Morgan fingerprint density at radius 1 is 1.41 bits per heavy atom. The number of aromatic nitrogens is 2. The molecule has 1 saturated heterocycles. The molecule has 0 saturated carbocycles. The van der Waals surface area contributed by atoms with E-state index in [0.29, 0.717) is 31.9 Å². The van der Waals surface area contributed by atoms with Gasteiger partial charge in [-0.15, -0.1) is 0 Å². The Hall–Kier alpha value is -1.91. The number of anilines is 1. The second kappa shape index (κ2) is 4.95. The van der Waals surface area contributed by atoms with Crippen LogP contribution in [0.25, 0.3) is 6.08 Å². The molecule has 0 bridgehead atoms. The Labute approximate surface area is 99.8 Å². The molecule has 2 rings (SSSR count). The lowest BCUT2D eigenvalue weighted by Crippen LogP contribution is -2.37. The number of piperidine rings is 1. The minimum absolute atomic E-state index is 0.223. The van der Waals surface area contributed by atoms with Crippen LogP contribution in [0.3, 0.4) is 0 Å². The van der Waals surface area contributed by atoms with Gasteiger partial charge in [0.05, 0.1) is 5.92 Å². The normalized spacial score (nSPS) is 16.8.